The molecule has 1 atom stereocenters. The molecule has 1 aliphatic heterocycles. The molecule has 11 heteroatoms. The molecule has 0 spiro atoms. The first-order valence-corrected chi connectivity index (χ1v) is 14.7. The number of benzene rings is 1. The number of rotatable bonds is 10. The molecule has 0 radical (unpaired) electrons. The highest BCUT2D eigenvalue weighted by molar-refractivity contribution is 7.90. The predicted molar refractivity (Wildman–Crippen MR) is 148 cm³/mol. The van der Waals surface area contributed by atoms with E-state index in [1.807, 2.05) is 6.07 Å². The molecule has 2 fully saturated rings. The molecule has 1 aromatic carbocycles. The van der Waals surface area contributed by atoms with Gasteiger partial charge >= 0.3 is 7.05 Å². The lowest BCUT2D eigenvalue weighted by molar-refractivity contribution is 0.266. The number of ether oxygens (including phenoxy) is 1. The molecule has 5 rings (SSSR count). The minimum Gasteiger partial charge on any atom is -0.477 e. The Labute approximate surface area is 225 Å². The van der Waals surface area contributed by atoms with Gasteiger partial charge in [0.15, 0.2) is 5.82 Å². The fraction of sp³-hybridized carbons (Fsp3) is 0.481. The maximum absolute atomic E-state index is 12.9. The second-order valence-electron chi connectivity index (χ2n) is 11.7. The van der Waals surface area contributed by atoms with Crippen LogP contribution >= 0.6 is 0 Å². The minimum atomic E-state index is -3.94. The van der Waals surface area contributed by atoms with Gasteiger partial charge in [-0.15, -0.1) is 5.10 Å². The van der Waals surface area contributed by atoms with Crippen LogP contribution in [0.25, 0.3) is 5.82 Å². The van der Waals surface area contributed by atoms with Crippen LogP contribution in [0.5, 0.6) is 5.88 Å². The third kappa shape index (κ3) is 5.74. The number of nitrogens with zero attached hydrogens (tertiary/aromatic N) is 4. The van der Waals surface area contributed by atoms with Gasteiger partial charge in [0.25, 0.3) is 0 Å². The van der Waals surface area contributed by atoms with Crippen molar-refractivity contribution >= 4 is 28.4 Å². The molecule has 2 aromatic heterocycles. The molecule has 9 nitrogen and oxygen atoms in total. The van der Waals surface area contributed by atoms with Crippen molar-refractivity contribution in [3.05, 3.63) is 54.7 Å². The third-order valence-corrected chi connectivity index (χ3v) is 9.12. The summed E-state index contributed by atoms with van der Waals surface area (Å²) in [6.07, 6.45) is 6.26. The standard InChI is InChI=1S/C27H36BN5O4S/c1-20-18-26(2,3)32(19-20)25-22(28(34)31-38(35,36)21-8-6-5-7-9-21)10-11-23(29-25)33-16-12-24(30-33)37-17-15-27(4)13-14-27/h5-12,16,20,31,34H,13-15,17-19H2,1-4H3/t20-/m0/s1. The number of hydrogen-bond donors (Lipinski definition) is 2. The number of hydrogen-bond acceptors (Lipinski definition) is 7. The molecule has 0 unspecified atom stereocenters. The van der Waals surface area contributed by atoms with Gasteiger partial charge in [0.2, 0.25) is 15.9 Å². The maximum atomic E-state index is 12.9. The third-order valence-electron chi connectivity index (χ3n) is 7.69. The van der Waals surface area contributed by atoms with E-state index in [1.54, 1.807) is 41.2 Å². The van der Waals surface area contributed by atoms with Gasteiger partial charge in [0.1, 0.15) is 5.82 Å². The predicted octanol–water partition coefficient (Wildman–Crippen LogP) is 3.13. The summed E-state index contributed by atoms with van der Waals surface area (Å²) in [6.45, 7) is 10.1. The molecule has 1 saturated carbocycles. The molecule has 0 amide bonds. The highest BCUT2D eigenvalue weighted by atomic mass is 32.2. The maximum Gasteiger partial charge on any atom is 0.431 e. The average Bonchev–Trinajstić information content (AvgIpc) is 3.29. The summed E-state index contributed by atoms with van der Waals surface area (Å²) in [5.41, 5.74) is 0.573. The van der Waals surface area contributed by atoms with Crippen molar-refractivity contribution in [3.63, 3.8) is 0 Å². The van der Waals surface area contributed by atoms with Crippen molar-refractivity contribution in [2.75, 3.05) is 18.1 Å². The van der Waals surface area contributed by atoms with E-state index in [1.165, 1.54) is 25.0 Å². The molecule has 2 N–H and O–H groups in total. The van der Waals surface area contributed by atoms with E-state index in [9.17, 15) is 13.4 Å². The summed E-state index contributed by atoms with van der Waals surface area (Å²) in [4.78, 5) is 7.13. The molecule has 0 bridgehead atoms. The second-order valence-corrected chi connectivity index (χ2v) is 13.4. The van der Waals surface area contributed by atoms with E-state index < -0.39 is 17.1 Å². The first-order chi connectivity index (χ1) is 18.0. The summed E-state index contributed by atoms with van der Waals surface area (Å²) in [7, 11) is -5.42. The summed E-state index contributed by atoms with van der Waals surface area (Å²) >= 11 is 0. The first kappa shape index (κ1) is 26.7. The van der Waals surface area contributed by atoms with Gasteiger partial charge in [-0.25, -0.2) is 22.7 Å². The summed E-state index contributed by atoms with van der Waals surface area (Å²) in [6, 6.07) is 13.3. The molecular weight excluding hydrogens is 501 g/mol. The van der Waals surface area contributed by atoms with Crippen LogP contribution in [0.4, 0.5) is 5.82 Å². The van der Waals surface area contributed by atoms with Crippen LogP contribution in [0.1, 0.15) is 53.4 Å². The summed E-state index contributed by atoms with van der Waals surface area (Å²) < 4.78 is 35.8. The van der Waals surface area contributed by atoms with Gasteiger partial charge in [0.05, 0.1) is 11.5 Å². The summed E-state index contributed by atoms with van der Waals surface area (Å²) in [5.74, 6) is 2.04. The van der Waals surface area contributed by atoms with E-state index in [-0.39, 0.29) is 10.4 Å². The highest BCUT2D eigenvalue weighted by Crippen LogP contribution is 2.47. The van der Waals surface area contributed by atoms with Gasteiger partial charge in [-0.2, -0.15) is 0 Å². The Balaban J connectivity index is 1.43. The van der Waals surface area contributed by atoms with Crippen molar-refractivity contribution in [3.8, 4) is 11.7 Å². The summed E-state index contributed by atoms with van der Waals surface area (Å²) in [5, 5.41) is 15.7. The Hall–Kier alpha value is -2.89. The van der Waals surface area contributed by atoms with Crippen molar-refractivity contribution in [2.45, 2.75) is 63.8 Å². The Morgan fingerprint density at radius 2 is 1.87 bits per heavy atom. The van der Waals surface area contributed by atoms with Crippen LogP contribution < -0.4 is 19.7 Å². The number of anilines is 1. The lowest BCUT2D eigenvalue weighted by Crippen LogP contribution is -2.52. The molecule has 1 saturated heterocycles. The van der Waals surface area contributed by atoms with E-state index >= 15 is 0 Å². The van der Waals surface area contributed by atoms with Crippen LogP contribution in [0.3, 0.4) is 0 Å². The number of pyridine rings is 1. The van der Waals surface area contributed by atoms with Crippen LogP contribution in [-0.2, 0) is 10.0 Å². The zero-order valence-corrected chi connectivity index (χ0v) is 23.3. The average molecular weight is 537 g/mol. The first-order valence-electron chi connectivity index (χ1n) is 13.2. The normalized spacial score (nSPS) is 19.9. The Kier molecular flexibility index (Phi) is 7.04. The molecular formula is C27H36BN5O4S. The second kappa shape index (κ2) is 10.0. The van der Waals surface area contributed by atoms with Crippen LogP contribution in [0, 0.1) is 11.3 Å². The highest BCUT2D eigenvalue weighted by Gasteiger charge is 2.40. The van der Waals surface area contributed by atoms with Gasteiger partial charge in [-0.1, -0.05) is 38.1 Å². The van der Waals surface area contributed by atoms with Crippen molar-refractivity contribution in [1.29, 1.82) is 0 Å². The molecule has 3 heterocycles. The molecule has 1 aliphatic carbocycles. The number of nitrogens with one attached hydrogen (secondary N) is 1. The quantitative estimate of drug-likeness (QED) is 0.383. The van der Waals surface area contributed by atoms with Crippen molar-refractivity contribution in [1.82, 2.24) is 19.4 Å². The van der Waals surface area contributed by atoms with Crippen molar-refractivity contribution < 1.29 is 18.2 Å². The van der Waals surface area contributed by atoms with Crippen LogP contribution in [0.15, 0.2) is 59.6 Å². The van der Waals surface area contributed by atoms with Gasteiger partial charge < -0.3 is 14.7 Å². The lowest BCUT2D eigenvalue weighted by atomic mass is 9.75. The Morgan fingerprint density at radius 1 is 1.13 bits per heavy atom. The fourth-order valence-corrected chi connectivity index (χ4v) is 6.29. The zero-order chi connectivity index (χ0) is 27.1. The Bertz CT molecular complexity index is 1390. The number of aromatic nitrogens is 3. The minimum absolute atomic E-state index is 0.0834. The van der Waals surface area contributed by atoms with E-state index in [4.69, 9.17) is 9.72 Å². The van der Waals surface area contributed by atoms with Crippen LogP contribution in [0.2, 0.25) is 0 Å². The Morgan fingerprint density at radius 3 is 2.53 bits per heavy atom. The monoisotopic (exact) mass is 537 g/mol. The lowest BCUT2D eigenvalue weighted by Gasteiger charge is -2.34. The van der Waals surface area contributed by atoms with Gasteiger partial charge in [-0.05, 0) is 69.1 Å². The molecule has 38 heavy (non-hydrogen) atoms. The van der Waals surface area contributed by atoms with Gasteiger partial charge in [0, 0.05) is 29.8 Å². The molecule has 2 aliphatic rings. The van der Waals surface area contributed by atoms with Gasteiger partial charge in [-0.3, -0.25) is 0 Å². The fourth-order valence-electron chi connectivity index (χ4n) is 5.22. The smallest absolute Gasteiger partial charge is 0.431 e. The molecule has 3 aromatic rings. The molecule has 202 valence electrons. The topological polar surface area (TPSA) is 110 Å². The van der Waals surface area contributed by atoms with Crippen LogP contribution in [-0.4, -0.2) is 53.9 Å². The van der Waals surface area contributed by atoms with E-state index in [0.29, 0.717) is 40.9 Å². The SMILES string of the molecule is C[C@@H]1CN(c2nc(-n3ccc(OCCC4(C)CC4)n3)ccc2B(O)NS(=O)(=O)c2ccccc2)C(C)(C)C1. The van der Waals surface area contributed by atoms with E-state index in [2.05, 4.69) is 42.3 Å². The number of sulfonamides is 1. The zero-order valence-electron chi connectivity index (χ0n) is 22.5. The van der Waals surface area contributed by atoms with Crippen molar-refractivity contribution in [2.24, 2.45) is 11.3 Å². The largest absolute Gasteiger partial charge is 0.477 e. The van der Waals surface area contributed by atoms with E-state index in [0.717, 1.165) is 19.4 Å².